The number of nitrogens with zero attached hydrogens (tertiary/aromatic N) is 2. The second-order valence-electron chi connectivity index (χ2n) is 13.3. The molecular weight excluding hydrogens is 637 g/mol. The van der Waals surface area contributed by atoms with E-state index in [2.05, 4.69) is 203 Å². The fourth-order valence-corrected chi connectivity index (χ4v) is 13.0. The second kappa shape index (κ2) is 10.9. The summed E-state index contributed by atoms with van der Waals surface area (Å²) in [5.74, 6) is 0. The Morgan fingerprint density at radius 2 is 0.627 bits per heavy atom. The minimum absolute atomic E-state index is 1.18. The SMILES string of the molecule is c1cc(-n2c3ccccc3c3ccccc32)cc(S2(c3cccc(-n4c5ccccc5c5ccccc54)c3)c3ccccc3-c3ccccc32)c1. The Balaban J connectivity index is 1.23. The lowest BCUT2D eigenvalue weighted by atomic mass is 10.1. The molecule has 240 valence electrons. The van der Waals surface area contributed by atoms with Crippen molar-refractivity contribution in [1.82, 2.24) is 9.13 Å². The van der Waals surface area contributed by atoms with Crippen LogP contribution in [0.3, 0.4) is 0 Å². The van der Waals surface area contributed by atoms with Crippen LogP contribution in [0.1, 0.15) is 0 Å². The molecule has 0 saturated carbocycles. The summed E-state index contributed by atoms with van der Waals surface area (Å²) in [6.07, 6.45) is 0. The molecule has 51 heavy (non-hydrogen) atoms. The van der Waals surface area contributed by atoms with Crippen molar-refractivity contribution < 1.29 is 0 Å². The van der Waals surface area contributed by atoms with Gasteiger partial charge in [-0.15, -0.1) is 10.0 Å². The number of hydrogen-bond donors (Lipinski definition) is 0. The first-order valence-electron chi connectivity index (χ1n) is 17.5. The van der Waals surface area contributed by atoms with Crippen LogP contribution in [-0.2, 0) is 0 Å². The van der Waals surface area contributed by atoms with Crippen LogP contribution in [-0.4, -0.2) is 9.13 Å². The fourth-order valence-electron chi connectivity index (χ4n) is 8.70. The quantitative estimate of drug-likeness (QED) is 0.177. The van der Waals surface area contributed by atoms with E-state index < -0.39 is 10.0 Å². The molecule has 1 aliphatic rings. The van der Waals surface area contributed by atoms with E-state index in [-0.39, 0.29) is 0 Å². The lowest BCUT2D eigenvalue weighted by Crippen LogP contribution is -2.04. The summed E-state index contributed by atoms with van der Waals surface area (Å²) in [5.41, 5.74) is 9.90. The Hall–Kier alpha value is -6.29. The highest BCUT2D eigenvalue weighted by Crippen LogP contribution is 2.80. The number of rotatable bonds is 4. The fraction of sp³-hybridized carbons (Fsp3) is 0. The van der Waals surface area contributed by atoms with Gasteiger partial charge < -0.3 is 9.13 Å². The number of aromatic nitrogens is 2. The molecule has 8 aromatic carbocycles. The standard InChI is InChI=1S/C48H32N2S/c1-7-25-43-37(19-1)38-20-2-8-26-44(38)49(43)33-15-13-17-35(31-33)51(47-29-11-5-23-41(47)42-24-6-12-30-48(42)51)36-18-14-16-34(32-36)50-45-27-9-3-21-39(45)40-22-4-10-28-46(40)50/h1-32H. The maximum atomic E-state index is 2.47. The summed E-state index contributed by atoms with van der Waals surface area (Å²) in [6.45, 7) is 0. The van der Waals surface area contributed by atoms with Crippen molar-refractivity contribution in [2.24, 2.45) is 0 Å². The smallest absolute Gasteiger partial charge is 0.0541 e. The molecule has 1 aliphatic heterocycles. The lowest BCUT2D eigenvalue weighted by molar-refractivity contribution is 1.14. The predicted octanol–water partition coefficient (Wildman–Crippen LogP) is 13.2. The van der Waals surface area contributed by atoms with E-state index in [1.807, 2.05) is 0 Å². The van der Waals surface area contributed by atoms with Crippen LogP contribution in [0.5, 0.6) is 0 Å². The molecule has 3 heteroatoms. The summed E-state index contributed by atoms with van der Waals surface area (Å²) >= 11 is 0. The Labute approximate surface area is 297 Å². The molecule has 0 atom stereocenters. The molecule has 0 unspecified atom stereocenters. The largest absolute Gasteiger partial charge is 0.309 e. The van der Waals surface area contributed by atoms with Gasteiger partial charge in [0.25, 0.3) is 0 Å². The lowest BCUT2D eigenvalue weighted by Gasteiger charge is -2.39. The molecule has 11 rings (SSSR count). The molecule has 0 bridgehead atoms. The maximum absolute atomic E-state index is 2.47. The van der Waals surface area contributed by atoms with Crippen molar-refractivity contribution in [3.8, 4) is 22.5 Å². The summed E-state index contributed by atoms with van der Waals surface area (Å²) in [5, 5.41) is 5.10. The van der Waals surface area contributed by atoms with E-state index in [1.165, 1.54) is 85.7 Å². The van der Waals surface area contributed by atoms with Gasteiger partial charge in [0.1, 0.15) is 0 Å². The molecule has 0 saturated heterocycles. The van der Waals surface area contributed by atoms with Gasteiger partial charge in [0.15, 0.2) is 0 Å². The normalized spacial score (nSPS) is 13.9. The summed E-state index contributed by atoms with van der Waals surface area (Å²) in [6, 6.07) is 72.1. The number of fused-ring (bicyclic) bond motifs is 9. The molecule has 0 fully saturated rings. The molecule has 10 aromatic rings. The number of para-hydroxylation sites is 4. The van der Waals surface area contributed by atoms with Crippen LogP contribution in [0.2, 0.25) is 0 Å². The van der Waals surface area contributed by atoms with Gasteiger partial charge in [-0.25, -0.2) is 0 Å². The molecule has 0 N–H and O–H groups in total. The highest BCUT2D eigenvalue weighted by Gasteiger charge is 2.42. The molecule has 0 aliphatic carbocycles. The highest BCUT2D eigenvalue weighted by atomic mass is 32.3. The first-order chi connectivity index (χ1) is 25.3. The summed E-state index contributed by atoms with van der Waals surface area (Å²) in [4.78, 5) is 5.45. The third-order valence-corrected chi connectivity index (χ3v) is 14.7. The van der Waals surface area contributed by atoms with Crippen molar-refractivity contribution in [2.45, 2.75) is 19.6 Å². The molecule has 2 aromatic heterocycles. The van der Waals surface area contributed by atoms with E-state index in [1.54, 1.807) is 0 Å². The monoisotopic (exact) mass is 668 g/mol. The van der Waals surface area contributed by atoms with Crippen molar-refractivity contribution in [3.05, 3.63) is 194 Å². The Kier molecular flexibility index (Phi) is 6.07. The van der Waals surface area contributed by atoms with Gasteiger partial charge in [-0.1, -0.05) is 121 Å². The van der Waals surface area contributed by atoms with Crippen molar-refractivity contribution in [2.75, 3.05) is 0 Å². The zero-order valence-electron chi connectivity index (χ0n) is 27.8. The Morgan fingerprint density at radius 1 is 0.294 bits per heavy atom. The van der Waals surface area contributed by atoms with Crippen LogP contribution < -0.4 is 0 Å². The molecule has 0 spiro atoms. The second-order valence-corrected chi connectivity index (χ2v) is 16.4. The van der Waals surface area contributed by atoms with Gasteiger partial charge in [-0.2, -0.15) is 0 Å². The predicted molar refractivity (Wildman–Crippen MR) is 214 cm³/mol. The zero-order chi connectivity index (χ0) is 33.5. The first-order valence-corrected chi connectivity index (χ1v) is 19.1. The molecule has 0 amide bonds. The van der Waals surface area contributed by atoms with Crippen LogP contribution in [0, 0.1) is 0 Å². The average Bonchev–Trinajstić information content (AvgIpc) is 3.83. The average molecular weight is 669 g/mol. The third kappa shape index (κ3) is 3.90. The van der Waals surface area contributed by atoms with E-state index in [4.69, 9.17) is 0 Å². The van der Waals surface area contributed by atoms with Crippen molar-refractivity contribution in [1.29, 1.82) is 0 Å². The highest BCUT2D eigenvalue weighted by molar-refractivity contribution is 8.34. The molecule has 2 nitrogen and oxygen atoms in total. The van der Waals surface area contributed by atoms with E-state index in [9.17, 15) is 0 Å². The zero-order valence-corrected chi connectivity index (χ0v) is 28.6. The number of benzene rings is 8. The third-order valence-electron chi connectivity index (χ3n) is 10.7. The van der Waals surface area contributed by atoms with E-state index in [0.29, 0.717) is 0 Å². The summed E-state index contributed by atoms with van der Waals surface area (Å²) < 4.78 is 4.89. The topological polar surface area (TPSA) is 9.86 Å². The maximum Gasteiger partial charge on any atom is 0.0541 e. The van der Waals surface area contributed by atoms with Gasteiger partial charge >= 0.3 is 0 Å². The van der Waals surface area contributed by atoms with Gasteiger partial charge in [0, 0.05) is 52.5 Å². The minimum Gasteiger partial charge on any atom is -0.309 e. The molecule has 0 radical (unpaired) electrons. The van der Waals surface area contributed by atoms with E-state index >= 15 is 0 Å². The van der Waals surface area contributed by atoms with Crippen LogP contribution in [0.4, 0.5) is 0 Å². The minimum atomic E-state index is -1.90. The Morgan fingerprint density at radius 3 is 1.02 bits per heavy atom. The van der Waals surface area contributed by atoms with Gasteiger partial charge in [-0.05, 0) is 83.9 Å². The molecule has 3 heterocycles. The summed E-state index contributed by atoms with van der Waals surface area (Å²) in [7, 11) is -1.90. The van der Waals surface area contributed by atoms with Gasteiger partial charge in [0.2, 0.25) is 0 Å². The first kappa shape index (κ1) is 28.5. The number of hydrogen-bond acceptors (Lipinski definition) is 0. The Bertz CT molecular complexity index is 2690. The van der Waals surface area contributed by atoms with Gasteiger partial charge in [-0.3, -0.25) is 0 Å². The van der Waals surface area contributed by atoms with E-state index in [0.717, 1.165) is 0 Å². The van der Waals surface area contributed by atoms with Crippen LogP contribution >= 0.6 is 10.0 Å². The van der Waals surface area contributed by atoms with Crippen molar-refractivity contribution in [3.63, 3.8) is 0 Å². The van der Waals surface area contributed by atoms with Crippen LogP contribution in [0.25, 0.3) is 66.1 Å². The van der Waals surface area contributed by atoms with Crippen molar-refractivity contribution >= 4 is 53.6 Å². The molecular formula is C48H32N2S. The van der Waals surface area contributed by atoms with Crippen LogP contribution in [0.15, 0.2) is 214 Å². The van der Waals surface area contributed by atoms with Gasteiger partial charge in [0.05, 0.1) is 22.1 Å².